The largest absolute Gasteiger partial charge is 0.352 e. The van der Waals surface area contributed by atoms with Gasteiger partial charge >= 0.3 is 0 Å². The first-order valence-corrected chi connectivity index (χ1v) is 10.2. The first-order valence-electron chi connectivity index (χ1n) is 9.81. The van der Waals surface area contributed by atoms with Gasteiger partial charge in [0.2, 0.25) is 5.91 Å². The van der Waals surface area contributed by atoms with Crippen LogP contribution in [0.15, 0.2) is 53.5 Å². The van der Waals surface area contributed by atoms with E-state index in [4.69, 9.17) is 11.6 Å². The summed E-state index contributed by atoms with van der Waals surface area (Å²) in [5, 5.41) is 6.17. The lowest BCUT2D eigenvalue weighted by Crippen LogP contribution is -2.35. The fourth-order valence-corrected chi connectivity index (χ4v) is 3.30. The molecule has 1 aliphatic heterocycles. The van der Waals surface area contributed by atoms with Gasteiger partial charge in [-0.3, -0.25) is 14.6 Å². The van der Waals surface area contributed by atoms with Crippen molar-refractivity contribution in [3.63, 3.8) is 0 Å². The molecule has 0 fully saturated rings. The Kier molecular flexibility index (Phi) is 7.25. The molecule has 0 saturated heterocycles. The van der Waals surface area contributed by atoms with Crippen LogP contribution in [-0.2, 0) is 4.79 Å². The van der Waals surface area contributed by atoms with Crippen molar-refractivity contribution in [2.24, 2.45) is 4.99 Å². The monoisotopic (exact) mass is 412 g/mol. The molecule has 152 valence electrons. The number of hydrogen-bond acceptors (Lipinski definition) is 4. The maximum Gasteiger partial charge on any atom is 0.251 e. The summed E-state index contributed by atoms with van der Waals surface area (Å²) in [5.41, 5.74) is 2.29. The molecule has 0 spiro atoms. The van der Waals surface area contributed by atoms with Crippen molar-refractivity contribution in [1.82, 2.24) is 5.32 Å². The lowest BCUT2D eigenvalue weighted by molar-refractivity contribution is -0.116. The highest BCUT2D eigenvalue weighted by atomic mass is 35.5. The number of amidine groups is 1. The average molecular weight is 413 g/mol. The highest BCUT2D eigenvalue weighted by molar-refractivity contribution is 6.30. The summed E-state index contributed by atoms with van der Waals surface area (Å²) < 4.78 is 0. The summed E-state index contributed by atoms with van der Waals surface area (Å²) in [5.74, 6) is 0.721. The number of nitrogens with one attached hydrogen (secondary N) is 2. The van der Waals surface area contributed by atoms with E-state index in [0.29, 0.717) is 16.3 Å². The van der Waals surface area contributed by atoms with E-state index in [9.17, 15) is 9.59 Å². The van der Waals surface area contributed by atoms with Gasteiger partial charge < -0.3 is 15.5 Å². The summed E-state index contributed by atoms with van der Waals surface area (Å²) in [7, 11) is 0. The highest BCUT2D eigenvalue weighted by Gasteiger charge is 2.16. The van der Waals surface area contributed by atoms with Gasteiger partial charge in [0.05, 0.1) is 0 Å². The second-order valence-corrected chi connectivity index (χ2v) is 7.20. The Balaban J connectivity index is 1.48. The molecule has 2 amide bonds. The predicted molar refractivity (Wildman–Crippen MR) is 118 cm³/mol. The maximum absolute atomic E-state index is 12.3. The molecule has 1 heterocycles. The first-order chi connectivity index (χ1) is 14.1. The number of amides is 2. The molecule has 0 radical (unpaired) electrons. The van der Waals surface area contributed by atoms with Crippen LogP contribution < -0.4 is 15.5 Å². The molecule has 7 heteroatoms. The fraction of sp³-hybridized carbons (Fsp3) is 0.318. The smallest absolute Gasteiger partial charge is 0.251 e. The Hall–Kier alpha value is -2.86. The van der Waals surface area contributed by atoms with Gasteiger partial charge in [-0.25, -0.2) is 0 Å². The van der Waals surface area contributed by atoms with E-state index >= 15 is 0 Å². The molecule has 2 aromatic carbocycles. The molecular weight excluding hydrogens is 388 g/mol. The Morgan fingerprint density at radius 1 is 1.10 bits per heavy atom. The van der Waals surface area contributed by atoms with Crippen LogP contribution in [0.5, 0.6) is 0 Å². The topological polar surface area (TPSA) is 73.8 Å². The molecule has 29 heavy (non-hydrogen) atoms. The number of aliphatic imine (C=N–C) groups is 1. The van der Waals surface area contributed by atoms with Crippen LogP contribution in [0, 0.1) is 0 Å². The van der Waals surface area contributed by atoms with Crippen molar-refractivity contribution in [2.75, 3.05) is 29.9 Å². The summed E-state index contributed by atoms with van der Waals surface area (Å²) in [4.78, 5) is 31.1. The summed E-state index contributed by atoms with van der Waals surface area (Å²) in [6, 6.07) is 14.4. The quantitative estimate of drug-likeness (QED) is 0.718. The molecule has 0 atom stereocenters. The average Bonchev–Trinajstić information content (AvgIpc) is 2.75. The van der Waals surface area contributed by atoms with Crippen LogP contribution in [-0.4, -0.2) is 37.3 Å². The van der Waals surface area contributed by atoms with Gasteiger partial charge in [0.15, 0.2) is 0 Å². The lowest BCUT2D eigenvalue weighted by Gasteiger charge is -2.29. The Bertz CT molecular complexity index is 879. The number of halogens is 1. The van der Waals surface area contributed by atoms with Crippen molar-refractivity contribution >= 4 is 40.6 Å². The van der Waals surface area contributed by atoms with E-state index in [1.165, 1.54) is 0 Å². The number of nitrogens with zero attached hydrogens (tertiary/aromatic N) is 2. The third-order valence-electron chi connectivity index (χ3n) is 4.67. The summed E-state index contributed by atoms with van der Waals surface area (Å²) in [6.45, 7) is 4.19. The molecule has 0 saturated carbocycles. The number of benzene rings is 2. The van der Waals surface area contributed by atoms with E-state index in [-0.39, 0.29) is 24.8 Å². The van der Waals surface area contributed by atoms with Crippen LogP contribution in [0.2, 0.25) is 5.02 Å². The Morgan fingerprint density at radius 3 is 2.52 bits per heavy atom. The normalized spacial score (nSPS) is 13.6. The van der Waals surface area contributed by atoms with Crippen molar-refractivity contribution in [3.05, 3.63) is 59.1 Å². The molecular formula is C22H25ClN4O2. The zero-order valence-corrected chi connectivity index (χ0v) is 17.2. The number of hydrogen-bond donors (Lipinski definition) is 2. The minimum absolute atomic E-state index is 0.167. The van der Waals surface area contributed by atoms with Gasteiger partial charge in [-0.05, 0) is 55.0 Å². The molecule has 0 bridgehead atoms. The molecule has 3 rings (SSSR count). The zero-order chi connectivity index (χ0) is 20.6. The molecule has 0 unspecified atom stereocenters. The van der Waals surface area contributed by atoms with E-state index in [0.717, 1.165) is 37.5 Å². The van der Waals surface area contributed by atoms with Crippen LogP contribution in [0.4, 0.5) is 11.4 Å². The second kappa shape index (κ2) is 10.1. The minimum atomic E-state index is -0.195. The van der Waals surface area contributed by atoms with Crippen LogP contribution in [0.25, 0.3) is 0 Å². The van der Waals surface area contributed by atoms with Gasteiger partial charge in [-0.15, -0.1) is 0 Å². The van der Waals surface area contributed by atoms with Crippen molar-refractivity contribution in [1.29, 1.82) is 0 Å². The van der Waals surface area contributed by atoms with E-state index in [1.807, 2.05) is 12.1 Å². The SMILES string of the molecule is CCC1=NCCCN1c1ccc(C(=O)NCCC(=O)Nc2ccc(Cl)cc2)cc1. The predicted octanol–water partition coefficient (Wildman–Crippen LogP) is 4.12. The van der Waals surface area contributed by atoms with Crippen molar-refractivity contribution < 1.29 is 9.59 Å². The molecule has 6 nitrogen and oxygen atoms in total. The zero-order valence-electron chi connectivity index (χ0n) is 16.5. The standard InChI is InChI=1S/C22H25ClN4O2/c1-2-20-24-13-3-15-27(20)19-10-4-16(5-11-19)22(29)25-14-12-21(28)26-18-8-6-17(23)7-9-18/h4-11H,2-3,12-15H2,1H3,(H,25,29)(H,26,28). The Morgan fingerprint density at radius 2 is 1.83 bits per heavy atom. The molecule has 0 aliphatic carbocycles. The maximum atomic E-state index is 12.3. The van der Waals surface area contributed by atoms with E-state index in [2.05, 4.69) is 27.4 Å². The fourth-order valence-electron chi connectivity index (χ4n) is 3.17. The van der Waals surface area contributed by atoms with Crippen LogP contribution >= 0.6 is 11.6 Å². The van der Waals surface area contributed by atoms with Crippen LogP contribution in [0.1, 0.15) is 36.5 Å². The van der Waals surface area contributed by atoms with Crippen molar-refractivity contribution in [2.45, 2.75) is 26.2 Å². The van der Waals surface area contributed by atoms with Crippen molar-refractivity contribution in [3.8, 4) is 0 Å². The van der Waals surface area contributed by atoms with Gasteiger partial charge in [0.25, 0.3) is 5.91 Å². The number of carbonyl (C=O) groups excluding carboxylic acids is 2. The Labute approximate surface area is 176 Å². The third-order valence-corrected chi connectivity index (χ3v) is 4.92. The van der Waals surface area contributed by atoms with Gasteiger partial charge in [-0.1, -0.05) is 18.5 Å². The number of rotatable bonds is 7. The van der Waals surface area contributed by atoms with Gasteiger partial charge in [-0.2, -0.15) is 0 Å². The number of carbonyl (C=O) groups is 2. The van der Waals surface area contributed by atoms with Gasteiger partial charge in [0.1, 0.15) is 5.84 Å². The molecule has 1 aliphatic rings. The van der Waals surface area contributed by atoms with Gasteiger partial charge in [0, 0.05) is 54.4 Å². The first kappa shape index (κ1) is 20.9. The van der Waals surface area contributed by atoms with E-state index < -0.39 is 0 Å². The van der Waals surface area contributed by atoms with Crippen LogP contribution in [0.3, 0.4) is 0 Å². The minimum Gasteiger partial charge on any atom is -0.352 e. The van der Waals surface area contributed by atoms with E-state index in [1.54, 1.807) is 36.4 Å². The third kappa shape index (κ3) is 5.81. The lowest BCUT2D eigenvalue weighted by atomic mass is 10.1. The molecule has 2 N–H and O–H groups in total. The highest BCUT2D eigenvalue weighted by Crippen LogP contribution is 2.20. The second-order valence-electron chi connectivity index (χ2n) is 6.76. The molecule has 2 aromatic rings. The summed E-state index contributed by atoms with van der Waals surface area (Å²) >= 11 is 5.82. The molecule has 0 aromatic heterocycles. The summed E-state index contributed by atoms with van der Waals surface area (Å²) in [6.07, 6.45) is 2.11. The number of anilines is 2.